The topological polar surface area (TPSA) is 35.5 Å². The van der Waals surface area contributed by atoms with E-state index in [1.165, 1.54) is 24.6 Å². The number of thiocarbonyl (C=S) groups is 1. The van der Waals surface area contributed by atoms with Crippen LogP contribution in [0.4, 0.5) is 0 Å². The van der Waals surface area contributed by atoms with Gasteiger partial charge in [0.15, 0.2) is 0 Å². The highest BCUT2D eigenvalue weighted by molar-refractivity contribution is 8.23. The van der Waals surface area contributed by atoms with Gasteiger partial charge >= 0.3 is 5.97 Å². The summed E-state index contributed by atoms with van der Waals surface area (Å²) in [5.74, 6) is -0.154. The van der Waals surface area contributed by atoms with Crippen molar-refractivity contribution in [3.8, 4) is 0 Å². The van der Waals surface area contributed by atoms with Gasteiger partial charge in [-0.3, -0.25) is 4.79 Å². The lowest BCUT2D eigenvalue weighted by Crippen LogP contribution is -2.33. The van der Waals surface area contributed by atoms with Crippen LogP contribution in [0.5, 0.6) is 0 Å². The molecular formula is C14H22O3S2. The number of carbonyl (C=O) groups excluding carboxylic acids is 1. The van der Waals surface area contributed by atoms with Crippen molar-refractivity contribution >= 4 is 34.3 Å². The zero-order valence-corrected chi connectivity index (χ0v) is 13.5. The van der Waals surface area contributed by atoms with Gasteiger partial charge < -0.3 is 9.47 Å². The molecule has 2 bridgehead atoms. The fourth-order valence-electron chi connectivity index (χ4n) is 3.22. The van der Waals surface area contributed by atoms with Crippen LogP contribution < -0.4 is 0 Å². The van der Waals surface area contributed by atoms with Crippen LogP contribution in [0, 0.1) is 5.41 Å². The minimum absolute atomic E-state index is 0.154. The minimum Gasteiger partial charge on any atom is -0.479 e. The summed E-state index contributed by atoms with van der Waals surface area (Å²) in [6.45, 7) is 6.55. The third-order valence-corrected chi connectivity index (χ3v) is 5.56. The predicted octanol–water partition coefficient (Wildman–Crippen LogP) is 3.70. The van der Waals surface area contributed by atoms with Crippen molar-refractivity contribution < 1.29 is 14.3 Å². The average Bonchev–Trinajstić information content (AvgIpc) is 2.82. The highest BCUT2D eigenvalue weighted by atomic mass is 32.2. The van der Waals surface area contributed by atoms with Gasteiger partial charge in [-0.2, -0.15) is 0 Å². The largest absolute Gasteiger partial charge is 0.479 e. The van der Waals surface area contributed by atoms with E-state index in [1.54, 1.807) is 0 Å². The Hall–Kier alpha value is -0.290. The van der Waals surface area contributed by atoms with Gasteiger partial charge in [-0.25, -0.2) is 0 Å². The monoisotopic (exact) mass is 302 g/mol. The summed E-state index contributed by atoms with van der Waals surface area (Å²) >= 11 is 6.32. The molecule has 2 saturated carbocycles. The molecule has 0 saturated heterocycles. The van der Waals surface area contributed by atoms with Gasteiger partial charge in [-0.15, -0.1) is 0 Å². The smallest absolute Gasteiger partial charge is 0.319 e. The molecule has 19 heavy (non-hydrogen) atoms. The van der Waals surface area contributed by atoms with Gasteiger partial charge in [-0.05, 0) is 63.6 Å². The van der Waals surface area contributed by atoms with E-state index in [-0.39, 0.29) is 16.8 Å². The molecule has 0 heterocycles. The van der Waals surface area contributed by atoms with Gasteiger partial charge in [0, 0.05) is 0 Å². The van der Waals surface area contributed by atoms with E-state index in [2.05, 4.69) is 6.92 Å². The standard InChI is InChI=1S/C14H22O3S2/c1-4-16-12(18)19-10(2)11(15)17-14-7-5-13(3,9-14)6-8-14/h10H,4-9H2,1-3H3. The van der Waals surface area contributed by atoms with Gasteiger partial charge in [0.1, 0.15) is 10.9 Å². The number of thioether (sulfide) groups is 1. The molecule has 1 atom stereocenters. The third kappa shape index (κ3) is 3.43. The molecule has 0 spiro atoms. The van der Waals surface area contributed by atoms with E-state index in [4.69, 9.17) is 21.7 Å². The molecule has 0 aromatic rings. The lowest BCUT2D eigenvalue weighted by molar-refractivity contribution is -0.157. The maximum Gasteiger partial charge on any atom is 0.319 e. The van der Waals surface area contributed by atoms with Crippen LogP contribution in [0.3, 0.4) is 0 Å². The van der Waals surface area contributed by atoms with Gasteiger partial charge in [0.2, 0.25) is 4.38 Å². The molecule has 2 rings (SSSR count). The van der Waals surface area contributed by atoms with E-state index in [0.717, 1.165) is 19.3 Å². The van der Waals surface area contributed by atoms with E-state index >= 15 is 0 Å². The molecule has 2 fully saturated rings. The lowest BCUT2D eigenvalue weighted by Gasteiger charge is -2.28. The van der Waals surface area contributed by atoms with Crippen molar-refractivity contribution in [2.45, 2.75) is 63.7 Å². The highest BCUT2D eigenvalue weighted by Crippen LogP contribution is 2.58. The highest BCUT2D eigenvalue weighted by Gasteiger charge is 2.54. The normalized spacial score (nSPS) is 34.1. The molecule has 0 aromatic heterocycles. The lowest BCUT2D eigenvalue weighted by atomic mass is 9.87. The summed E-state index contributed by atoms with van der Waals surface area (Å²) in [7, 11) is 0. The van der Waals surface area contributed by atoms with E-state index in [0.29, 0.717) is 16.4 Å². The average molecular weight is 302 g/mol. The van der Waals surface area contributed by atoms with Crippen molar-refractivity contribution in [1.29, 1.82) is 0 Å². The zero-order chi connectivity index (χ0) is 14.1. The molecule has 0 N–H and O–H groups in total. The van der Waals surface area contributed by atoms with Crippen LogP contribution >= 0.6 is 24.0 Å². The van der Waals surface area contributed by atoms with Crippen molar-refractivity contribution in [3.63, 3.8) is 0 Å². The first kappa shape index (κ1) is 15.1. The molecular weight excluding hydrogens is 280 g/mol. The second-order valence-corrected chi connectivity index (χ2v) is 7.98. The molecule has 1 unspecified atom stereocenters. The van der Waals surface area contributed by atoms with E-state index in [9.17, 15) is 4.79 Å². The molecule has 108 valence electrons. The molecule has 3 nitrogen and oxygen atoms in total. The molecule has 2 aliphatic carbocycles. The molecule has 0 aliphatic heterocycles. The number of carbonyl (C=O) groups is 1. The first-order chi connectivity index (χ1) is 8.88. The Labute approximate surface area is 124 Å². The number of ether oxygens (including phenoxy) is 2. The molecule has 0 aromatic carbocycles. The van der Waals surface area contributed by atoms with Crippen molar-refractivity contribution in [2.75, 3.05) is 6.61 Å². The summed E-state index contributed by atoms with van der Waals surface area (Å²) in [5, 5.41) is -0.291. The second kappa shape index (κ2) is 5.60. The molecule has 0 radical (unpaired) electrons. The molecule has 0 amide bonds. The number of fused-ring (bicyclic) bond motifs is 2. The Morgan fingerprint density at radius 2 is 2.00 bits per heavy atom. The number of hydrogen-bond acceptors (Lipinski definition) is 5. The Balaban J connectivity index is 1.86. The maximum absolute atomic E-state index is 12.2. The van der Waals surface area contributed by atoms with Gasteiger partial charge in [0.05, 0.1) is 6.61 Å². The minimum atomic E-state index is -0.291. The first-order valence-corrected chi connectivity index (χ1v) is 8.23. The second-order valence-electron chi connectivity index (χ2n) is 6.03. The number of esters is 1. The van der Waals surface area contributed by atoms with Crippen molar-refractivity contribution in [2.24, 2.45) is 5.41 Å². The quantitative estimate of drug-likeness (QED) is 0.584. The van der Waals surface area contributed by atoms with E-state index in [1.807, 2.05) is 13.8 Å². The zero-order valence-electron chi connectivity index (χ0n) is 11.9. The Morgan fingerprint density at radius 3 is 2.47 bits per heavy atom. The maximum atomic E-state index is 12.2. The van der Waals surface area contributed by atoms with Crippen LogP contribution in [0.15, 0.2) is 0 Å². The number of hydrogen-bond donors (Lipinski definition) is 0. The van der Waals surface area contributed by atoms with Gasteiger partial charge in [-0.1, -0.05) is 18.7 Å². The van der Waals surface area contributed by atoms with Crippen LogP contribution in [0.1, 0.15) is 52.9 Å². The predicted molar refractivity (Wildman–Crippen MR) is 81.3 cm³/mol. The third-order valence-electron chi connectivity index (χ3n) is 4.30. The van der Waals surface area contributed by atoms with Gasteiger partial charge in [0.25, 0.3) is 0 Å². The fourth-order valence-corrected chi connectivity index (χ4v) is 4.39. The van der Waals surface area contributed by atoms with Crippen molar-refractivity contribution in [3.05, 3.63) is 0 Å². The van der Waals surface area contributed by atoms with Crippen LogP contribution in [0.25, 0.3) is 0 Å². The summed E-state index contributed by atoms with van der Waals surface area (Å²) < 4.78 is 11.4. The summed E-state index contributed by atoms with van der Waals surface area (Å²) in [6, 6.07) is 0. The van der Waals surface area contributed by atoms with Crippen LogP contribution in [0.2, 0.25) is 0 Å². The van der Waals surface area contributed by atoms with E-state index < -0.39 is 0 Å². The fraction of sp³-hybridized carbons (Fsp3) is 0.857. The number of rotatable bonds is 4. The molecule has 2 aliphatic rings. The Bertz CT molecular complexity index is 373. The SMILES string of the molecule is CCOC(=S)SC(C)C(=O)OC12CCC(C)(CC1)C2. The van der Waals surface area contributed by atoms with Crippen LogP contribution in [-0.2, 0) is 14.3 Å². The molecule has 5 heteroatoms. The van der Waals surface area contributed by atoms with Crippen LogP contribution in [-0.4, -0.2) is 27.8 Å². The first-order valence-electron chi connectivity index (χ1n) is 6.94. The summed E-state index contributed by atoms with van der Waals surface area (Å²) in [5.41, 5.74) is 0.213. The Morgan fingerprint density at radius 1 is 1.37 bits per heavy atom. The van der Waals surface area contributed by atoms with Crippen molar-refractivity contribution in [1.82, 2.24) is 0 Å². The Kier molecular flexibility index (Phi) is 4.45. The summed E-state index contributed by atoms with van der Waals surface area (Å²) in [4.78, 5) is 12.2. The summed E-state index contributed by atoms with van der Waals surface area (Å²) in [6.07, 6.45) is 5.42.